The lowest BCUT2D eigenvalue weighted by Crippen LogP contribution is -2.60. The Bertz CT molecular complexity index is 2020. The molecule has 2 aromatic rings. The summed E-state index contributed by atoms with van der Waals surface area (Å²) in [6.45, 7) is 11.5. The monoisotopic (exact) mass is 961 g/mol. The first-order chi connectivity index (χ1) is 33.0. The number of carbonyl (C=O) groups is 6. The van der Waals surface area contributed by atoms with Crippen molar-refractivity contribution in [3.63, 3.8) is 0 Å². The first-order valence-electron chi connectivity index (χ1n) is 25.3. The number of rotatable bonds is 28. The fourth-order valence-corrected chi connectivity index (χ4v) is 11.1. The Morgan fingerprint density at radius 2 is 1.67 bits per heavy atom. The highest BCUT2D eigenvalue weighted by molar-refractivity contribution is 5.91. The summed E-state index contributed by atoms with van der Waals surface area (Å²) in [5.74, 6) is -2.31. The number of nitrogens with one attached hydrogen (secondary N) is 2. The maximum Gasteiger partial charge on any atom is 0.326 e. The summed E-state index contributed by atoms with van der Waals surface area (Å²) in [6.07, 6.45) is 8.26. The summed E-state index contributed by atoms with van der Waals surface area (Å²) in [5, 5.41) is 15.9. The molecule has 3 aliphatic rings. The van der Waals surface area contributed by atoms with Gasteiger partial charge in [-0.25, -0.2) is 4.79 Å². The molecule has 4 amide bonds. The largest absolute Gasteiger partial charge is 0.494 e. The van der Waals surface area contributed by atoms with Gasteiger partial charge in [-0.2, -0.15) is 0 Å². The topological polar surface area (TPSA) is 210 Å². The van der Waals surface area contributed by atoms with Crippen LogP contribution in [0.15, 0.2) is 48.5 Å². The number of carboxylic acid groups (broad SMARTS) is 1. The van der Waals surface area contributed by atoms with E-state index in [1.54, 1.807) is 49.1 Å². The molecule has 16 nitrogen and oxygen atoms in total. The van der Waals surface area contributed by atoms with Crippen LogP contribution < -0.4 is 21.1 Å². The fourth-order valence-electron chi connectivity index (χ4n) is 11.1. The van der Waals surface area contributed by atoms with Gasteiger partial charge in [-0.15, -0.1) is 0 Å². The number of hydrogen-bond donors (Lipinski definition) is 4. The number of benzene rings is 2. The number of anilines is 1. The first-order valence-corrected chi connectivity index (χ1v) is 25.3. The van der Waals surface area contributed by atoms with Crippen LogP contribution in [0.2, 0.25) is 0 Å². The molecule has 1 aliphatic carbocycles. The maximum atomic E-state index is 14.7. The lowest BCUT2D eigenvalue weighted by molar-refractivity contribution is -0.148. The molecule has 0 unspecified atom stereocenters. The van der Waals surface area contributed by atoms with Crippen molar-refractivity contribution >= 4 is 41.6 Å². The number of ether oxygens (including phenoxy) is 3. The van der Waals surface area contributed by atoms with Gasteiger partial charge in [0.15, 0.2) is 6.29 Å². The van der Waals surface area contributed by atoms with Crippen LogP contribution in [-0.4, -0.2) is 145 Å². The van der Waals surface area contributed by atoms with Crippen LogP contribution in [0.4, 0.5) is 5.69 Å². The van der Waals surface area contributed by atoms with Crippen molar-refractivity contribution in [2.75, 3.05) is 46.7 Å². The van der Waals surface area contributed by atoms with Gasteiger partial charge in [-0.1, -0.05) is 84.2 Å². The number of fused-ring (bicyclic) bond motifs is 2. The van der Waals surface area contributed by atoms with Gasteiger partial charge in [0.25, 0.3) is 0 Å². The van der Waals surface area contributed by atoms with E-state index in [2.05, 4.69) is 15.5 Å². The number of hydrogen-bond acceptors (Lipinski definition) is 11. The van der Waals surface area contributed by atoms with Crippen LogP contribution in [-0.2, 0) is 39.9 Å². The number of nitrogens with two attached hydrogens (primary N) is 1. The van der Waals surface area contributed by atoms with Crippen LogP contribution in [0.3, 0.4) is 0 Å². The molecule has 0 radical (unpaired) electrons. The Hall–Kier alpha value is -5.06. The number of aldehydes is 1. The molecule has 16 heteroatoms. The van der Waals surface area contributed by atoms with E-state index in [0.29, 0.717) is 55.5 Å². The van der Waals surface area contributed by atoms with Gasteiger partial charge in [0.1, 0.15) is 17.8 Å². The predicted molar refractivity (Wildman–Crippen MR) is 264 cm³/mol. The van der Waals surface area contributed by atoms with Crippen molar-refractivity contribution in [1.29, 1.82) is 0 Å². The predicted octanol–water partition coefficient (Wildman–Crippen LogP) is 5.75. The molecule has 3 fully saturated rings. The minimum Gasteiger partial charge on any atom is -0.494 e. The first kappa shape index (κ1) is 54.9. The van der Waals surface area contributed by atoms with E-state index in [9.17, 15) is 33.9 Å². The van der Waals surface area contributed by atoms with Crippen molar-refractivity contribution in [2.24, 2.45) is 23.7 Å². The number of carboxylic acids is 1. The van der Waals surface area contributed by atoms with Gasteiger partial charge in [0.2, 0.25) is 23.6 Å². The summed E-state index contributed by atoms with van der Waals surface area (Å²) < 4.78 is 17.9. The number of nitrogens with zero attached hydrogens (tertiary/aromatic N) is 3. The molecule has 2 saturated heterocycles. The Kier molecular flexibility index (Phi) is 20.9. The summed E-state index contributed by atoms with van der Waals surface area (Å²) >= 11 is 0. The molecule has 11 atom stereocenters. The second kappa shape index (κ2) is 26.2. The molecule has 1 saturated carbocycles. The van der Waals surface area contributed by atoms with Gasteiger partial charge < -0.3 is 45.5 Å². The average Bonchev–Trinajstić information content (AvgIpc) is 4.10. The van der Waals surface area contributed by atoms with E-state index in [1.807, 2.05) is 58.0 Å². The summed E-state index contributed by atoms with van der Waals surface area (Å²) in [6, 6.07) is 11.4. The molecule has 5 rings (SSSR count). The zero-order valence-corrected chi connectivity index (χ0v) is 42.3. The van der Waals surface area contributed by atoms with Crippen molar-refractivity contribution < 1.29 is 48.1 Å². The highest BCUT2D eigenvalue weighted by Crippen LogP contribution is 2.43. The van der Waals surface area contributed by atoms with Crippen molar-refractivity contribution in [2.45, 2.75) is 160 Å². The zero-order chi connectivity index (χ0) is 50.4. The number of aliphatic carboxylic acids is 1. The number of carbonyl (C=O) groups excluding carboxylic acids is 5. The SMILES string of the molecule is CC[C@H](C)[C@@H]([C@@H](CC(=O)N1CCC[C@H]1[C@H](OC)[C@@H](C)C(=O)N[C@@H](Cc1ccccc1)C(=O)O)OC)N(C)C(=O)[C@@H](NC(=O)[C@@H]1[C@H]2CC[C@@H](C2)N1CCCCCCOc1ccc(C=O)c(N)c1)C(C)C. The van der Waals surface area contributed by atoms with Gasteiger partial charge >= 0.3 is 5.97 Å². The number of nitrogen functional groups attached to an aromatic ring is 1. The Balaban J connectivity index is 1.19. The molecule has 0 spiro atoms. The molecule has 0 aromatic heterocycles. The van der Waals surface area contributed by atoms with E-state index in [0.717, 1.165) is 63.3 Å². The highest BCUT2D eigenvalue weighted by Gasteiger charge is 2.50. The number of likely N-dealkylation sites (tertiary alicyclic amines) is 2. The molecule has 382 valence electrons. The van der Waals surface area contributed by atoms with E-state index in [1.165, 1.54) is 7.11 Å². The molecular weight excluding hydrogens is 881 g/mol. The molecule has 2 aliphatic heterocycles. The Morgan fingerprint density at radius 1 is 0.942 bits per heavy atom. The van der Waals surface area contributed by atoms with Crippen molar-refractivity contribution in [3.05, 3.63) is 59.7 Å². The second-order valence-corrected chi connectivity index (χ2v) is 20.0. The Morgan fingerprint density at radius 3 is 2.30 bits per heavy atom. The van der Waals surface area contributed by atoms with Crippen molar-refractivity contribution in [3.8, 4) is 5.75 Å². The van der Waals surface area contributed by atoms with E-state index in [4.69, 9.17) is 19.9 Å². The minimum absolute atomic E-state index is 0.0218. The van der Waals surface area contributed by atoms with Gasteiger partial charge in [0.05, 0.1) is 49.3 Å². The third-order valence-electron chi connectivity index (χ3n) is 15.1. The lowest BCUT2D eigenvalue weighted by atomic mass is 9.89. The second-order valence-electron chi connectivity index (χ2n) is 20.0. The Labute approximate surface area is 409 Å². The minimum atomic E-state index is -1.14. The van der Waals surface area contributed by atoms with Crippen LogP contribution in [0, 0.1) is 23.7 Å². The molecule has 2 aromatic carbocycles. The third-order valence-corrected chi connectivity index (χ3v) is 15.1. The average molecular weight is 961 g/mol. The van der Waals surface area contributed by atoms with Crippen molar-refractivity contribution in [1.82, 2.24) is 25.3 Å². The van der Waals surface area contributed by atoms with Crippen LogP contribution in [0.5, 0.6) is 5.75 Å². The molecule has 2 bridgehead atoms. The normalized spacial score (nSPS) is 22.0. The van der Waals surface area contributed by atoms with Crippen LogP contribution in [0.25, 0.3) is 0 Å². The lowest BCUT2D eigenvalue weighted by Gasteiger charge is -2.41. The van der Waals surface area contributed by atoms with Crippen LogP contribution >= 0.6 is 0 Å². The molecule has 69 heavy (non-hydrogen) atoms. The molecule has 2 heterocycles. The van der Waals surface area contributed by atoms with E-state index < -0.39 is 54.2 Å². The van der Waals surface area contributed by atoms with Gasteiger partial charge in [-0.3, -0.25) is 28.9 Å². The summed E-state index contributed by atoms with van der Waals surface area (Å²) in [7, 11) is 4.80. The van der Waals surface area contributed by atoms with Crippen LogP contribution in [0.1, 0.15) is 121 Å². The maximum absolute atomic E-state index is 14.7. The number of piperidine rings is 1. The van der Waals surface area contributed by atoms with E-state index in [-0.39, 0.29) is 54.4 Å². The van der Waals surface area contributed by atoms with Gasteiger partial charge in [-0.05, 0) is 86.9 Å². The van der Waals surface area contributed by atoms with Gasteiger partial charge in [0, 0.05) is 57.6 Å². The molecular formula is C53H80N6O10. The number of likely N-dealkylation sites (N-methyl/N-ethyl adjacent to an activating group) is 1. The third kappa shape index (κ3) is 14.1. The fraction of sp³-hybridized carbons (Fsp3) is 0.660. The van der Waals surface area contributed by atoms with E-state index >= 15 is 0 Å². The standard InChI is InChI=1S/C53H80N6O10/c1-9-34(4)47(44(67-7)31-45(61)59-26-17-20-43(59)49(68-8)35(5)50(62)55-42(53(65)66)28-36-18-13-12-14-19-36)57(6)52(64)46(33(2)3)56-51(63)48-37-21-23-39(29-37)58(48)25-15-10-11-16-27-69-40-24-22-38(32-60)41(54)30-40/h12-14,18-19,22,24,30,32-35,37,39,42-44,46-49H,9-11,15-17,20-21,23,25-29,31,54H2,1-8H3,(H,55,62)(H,56,63)(H,65,66)/t34-,35+,37-,39-,42-,43-,44+,46-,47-,48-,49+/m0/s1. The number of unbranched alkanes of at least 4 members (excludes halogenated alkanes) is 3. The number of methoxy groups -OCH3 is 2. The smallest absolute Gasteiger partial charge is 0.326 e. The summed E-state index contributed by atoms with van der Waals surface area (Å²) in [5.41, 5.74) is 7.54. The highest BCUT2D eigenvalue weighted by atomic mass is 16.5. The number of amides is 4. The molecule has 5 N–H and O–H groups in total. The quantitative estimate of drug-likeness (QED) is 0.0457. The zero-order valence-electron chi connectivity index (χ0n) is 42.3. The summed E-state index contributed by atoms with van der Waals surface area (Å²) in [4.78, 5) is 86.1.